The van der Waals surface area contributed by atoms with Crippen LogP contribution in [0.25, 0.3) is 0 Å². The molecule has 1 amide bonds. The molecular formula is C33H38N2O4S. The van der Waals surface area contributed by atoms with Crippen molar-refractivity contribution in [2.75, 3.05) is 0 Å². The number of ether oxygens (including phenoxy) is 1. The normalized spacial score (nSPS) is 14.6. The highest BCUT2D eigenvalue weighted by atomic mass is 32.1. The van der Waals surface area contributed by atoms with Crippen molar-refractivity contribution in [3.63, 3.8) is 0 Å². The molecule has 7 heteroatoms. The minimum Gasteiger partial charge on any atom is -0.444 e. The summed E-state index contributed by atoms with van der Waals surface area (Å²) in [6.45, 7) is 5.46. The molecule has 4 atom stereocenters. The van der Waals surface area contributed by atoms with Gasteiger partial charge < -0.3 is 20.3 Å². The predicted octanol–water partition coefficient (Wildman–Crippen LogP) is 6.44. The molecule has 3 N–H and O–H groups in total. The van der Waals surface area contributed by atoms with Gasteiger partial charge in [0.1, 0.15) is 11.7 Å². The molecule has 2 unspecified atom stereocenters. The molecule has 0 fully saturated rings. The topological polar surface area (TPSA) is 91.7 Å². The van der Waals surface area contributed by atoms with Gasteiger partial charge in [0.15, 0.2) is 0 Å². The quantitative estimate of drug-likeness (QED) is 0.197. The van der Waals surface area contributed by atoms with Crippen LogP contribution in [-0.4, -0.2) is 39.0 Å². The van der Waals surface area contributed by atoms with E-state index in [1.807, 2.05) is 99.6 Å². The second kappa shape index (κ2) is 13.7. The molecule has 0 bridgehead atoms. The molecule has 0 radical (unpaired) electrons. The third-order valence-corrected chi connectivity index (χ3v) is 7.78. The number of rotatable bonds is 11. The summed E-state index contributed by atoms with van der Waals surface area (Å²) in [6.07, 6.45) is 1.04. The van der Waals surface area contributed by atoms with Gasteiger partial charge in [0.2, 0.25) is 0 Å². The minimum absolute atomic E-state index is 0.196. The summed E-state index contributed by atoms with van der Waals surface area (Å²) in [6, 6.07) is 28.9. The maximum absolute atomic E-state index is 13.0. The van der Waals surface area contributed by atoms with Crippen molar-refractivity contribution < 1.29 is 19.7 Å². The zero-order valence-electron chi connectivity index (χ0n) is 23.2. The molecule has 0 aliphatic heterocycles. The van der Waals surface area contributed by atoms with E-state index in [0.717, 1.165) is 26.6 Å². The van der Waals surface area contributed by atoms with Crippen LogP contribution in [0.2, 0.25) is 0 Å². The Hall–Kier alpha value is -3.52. The van der Waals surface area contributed by atoms with Gasteiger partial charge in [-0.25, -0.2) is 9.78 Å². The molecule has 6 nitrogen and oxygen atoms in total. The standard InChI is InChI=1S/C33H38N2O4S/c1-33(2,3)39-32(38)35-30(26(24-15-9-5-10-16-24)21-23-13-7-4-8-14-23)27(36)19-20-29-34-22-28(40-29)31(37)25-17-11-6-12-18-25/h4-18,22,26-27,30-31,36-37H,19-21H2,1-3H3,(H,35,38)/t26?,27-,30-,31?/m0/s1. The SMILES string of the molecule is CC(C)(C)OC(=O)N[C@@H](C(Cc1ccccc1)c1ccccc1)[C@@H](O)CCc1ncc(C(O)c2ccccc2)s1. The first-order chi connectivity index (χ1) is 19.2. The van der Waals surface area contributed by atoms with Crippen LogP contribution >= 0.6 is 11.3 Å². The van der Waals surface area contributed by atoms with Gasteiger partial charge in [-0.05, 0) is 50.3 Å². The molecule has 0 aliphatic carbocycles. The number of carbonyl (C=O) groups excluding carboxylic acids is 1. The number of nitrogens with one attached hydrogen (secondary N) is 1. The fraction of sp³-hybridized carbons (Fsp3) is 0.333. The Labute approximate surface area is 240 Å². The largest absolute Gasteiger partial charge is 0.444 e. The zero-order valence-corrected chi connectivity index (χ0v) is 24.1. The smallest absolute Gasteiger partial charge is 0.407 e. The van der Waals surface area contributed by atoms with Crippen molar-refractivity contribution in [2.45, 2.75) is 69.8 Å². The third-order valence-electron chi connectivity index (χ3n) is 6.67. The van der Waals surface area contributed by atoms with Crippen LogP contribution in [0.3, 0.4) is 0 Å². The van der Waals surface area contributed by atoms with Gasteiger partial charge in [0.25, 0.3) is 0 Å². The van der Waals surface area contributed by atoms with Crippen LogP contribution in [0.5, 0.6) is 0 Å². The summed E-state index contributed by atoms with van der Waals surface area (Å²) in [5.41, 5.74) is 2.27. The Balaban J connectivity index is 1.55. The molecular weight excluding hydrogens is 520 g/mol. The van der Waals surface area contributed by atoms with E-state index in [1.54, 1.807) is 6.20 Å². The van der Waals surface area contributed by atoms with Gasteiger partial charge in [0, 0.05) is 18.5 Å². The number of nitrogens with zero attached hydrogens (tertiary/aromatic N) is 1. The molecule has 210 valence electrons. The highest BCUT2D eigenvalue weighted by Gasteiger charge is 2.33. The van der Waals surface area contributed by atoms with E-state index in [9.17, 15) is 15.0 Å². The van der Waals surface area contributed by atoms with Crippen LogP contribution in [0.1, 0.15) is 65.8 Å². The van der Waals surface area contributed by atoms with Gasteiger partial charge in [-0.1, -0.05) is 91.0 Å². The molecule has 0 spiro atoms. The average molecular weight is 559 g/mol. The van der Waals surface area contributed by atoms with Gasteiger partial charge in [-0.3, -0.25) is 0 Å². The summed E-state index contributed by atoms with van der Waals surface area (Å²) in [5, 5.41) is 26.2. The number of hydrogen-bond acceptors (Lipinski definition) is 6. The molecule has 40 heavy (non-hydrogen) atoms. The number of aryl methyl sites for hydroxylation is 1. The van der Waals surface area contributed by atoms with E-state index in [0.29, 0.717) is 19.3 Å². The number of carbonyl (C=O) groups is 1. The number of benzene rings is 3. The third kappa shape index (κ3) is 8.49. The van der Waals surface area contributed by atoms with Crippen molar-refractivity contribution in [1.29, 1.82) is 0 Å². The number of hydrogen-bond donors (Lipinski definition) is 3. The van der Waals surface area contributed by atoms with E-state index in [1.165, 1.54) is 11.3 Å². The Kier molecular flexibility index (Phi) is 10.1. The van der Waals surface area contributed by atoms with E-state index in [-0.39, 0.29) is 5.92 Å². The van der Waals surface area contributed by atoms with Crippen LogP contribution in [0, 0.1) is 0 Å². The fourth-order valence-corrected chi connectivity index (χ4v) is 5.70. The Morgan fingerprint density at radius 2 is 1.48 bits per heavy atom. The molecule has 4 aromatic rings. The summed E-state index contributed by atoms with van der Waals surface area (Å²) in [5.74, 6) is -0.196. The van der Waals surface area contributed by atoms with E-state index >= 15 is 0 Å². The number of aliphatic hydroxyl groups is 2. The number of aliphatic hydroxyl groups excluding tert-OH is 2. The molecule has 0 saturated heterocycles. The number of aromatic nitrogens is 1. The van der Waals surface area contributed by atoms with Crippen molar-refractivity contribution in [3.8, 4) is 0 Å². The first-order valence-corrected chi connectivity index (χ1v) is 14.5. The van der Waals surface area contributed by atoms with Crippen LogP contribution < -0.4 is 5.32 Å². The number of thiazole rings is 1. The van der Waals surface area contributed by atoms with Gasteiger partial charge >= 0.3 is 6.09 Å². The predicted molar refractivity (Wildman–Crippen MR) is 159 cm³/mol. The molecule has 0 aliphatic rings. The first-order valence-electron chi connectivity index (χ1n) is 13.6. The Morgan fingerprint density at radius 1 is 0.900 bits per heavy atom. The van der Waals surface area contributed by atoms with E-state index in [2.05, 4.69) is 22.4 Å². The molecule has 4 rings (SSSR count). The monoisotopic (exact) mass is 558 g/mol. The lowest BCUT2D eigenvalue weighted by atomic mass is 9.82. The lowest BCUT2D eigenvalue weighted by Crippen LogP contribution is -2.49. The minimum atomic E-state index is -0.868. The van der Waals surface area contributed by atoms with Gasteiger partial charge in [-0.15, -0.1) is 11.3 Å². The summed E-state index contributed by atoms with van der Waals surface area (Å²) in [4.78, 5) is 18.2. The Morgan fingerprint density at radius 3 is 2.08 bits per heavy atom. The van der Waals surface area contributed by atoms with Crippen LogP contribution in [0.15, 0.2) is 97.2 Å². The highest BCUT2D eigenvalue weighted by Crippen LogP contribution is 2.30. The maximum atomic E-state index is 13.0. The van der Waals surface area contributed by atoms with Crippen molar-refractivity contribution in [2.24, 2.45) is 0 Å². The lowest BCUT2D eigenvalue weighted by molar-refractivity contribution is 0.0384. The second-order valence-electron chi connectivity index (χ2n) is 11.0. The van der Waals surface area contributed by atoms with Crippen LogP contribution in [0.4, 0.5) is 4.79 Å². The number of alkyl carbamates (subject to hydrolysis) is 1. The van der Waals surface area contributed by atoms with E-state index < -0.39 is 29.9 Å². The number of amides is 1. The van der Waals surface area contributed by atoms with E-state index in [4.69, 9.17) is 4.74 Å². The van der Waals surface area contributed by atoms with Crippen molar-refractivity contribution >= 4 is 17.4 Å². The first kappa shape index (κ1) is 29.5. The second-order valence-corrected chi connectivity index (χ2v) is 12.1. The van der Waals surface area contributed by atoms with Crippen LogP contribution in [-0.2, 0) is 17.6 Å². The zero-order chi connectivity index (χ0) is 28.5. The summed E-state index contributed by atoms with van der Waals surface area (Å²) < 4.78 is 5.59. The van der Waals surface area contributed by atoms with Gasteiger partial charge in [-0.2, -0.15) is 0 Å². The Bertz CT molecular complexity index is 1320. The highest BCUT2D eigenvalue weighted by molar-refractivity contribution is 7.11. The lowest BCUT2D eigenvalue weighted by Gasteiger charge is -2.33. The van der Waals surface area contributed by atoms with Crippen molar-refractivity contribution in [1.82, 2.24) is 10.3 Å². The molecule has 1 aromatic heterocycles. The molecule has 3 aromatic carbocycles. The van der Waals surface area contributed by atoms with Gasteiger partial charge in [0.05, 0.1) is 22.0 Å². The molecule has 1 heterocycles. The average Bonchev–Trinajstić information content (AvgIpc) is 3.43. The van der Waals surface area contributed by atoms with Crippen molar-refractivity contribution in [3.05, 3.63) is 124 Å². The maximum Gasteiger partial charge on any atom is 0.407 e. The summed E-state index contributed by atoms with van der Waals surface area (Å²) in [7, 11) is 0. The molecule has 0 saturated carbocycles. The summed E-state index contributed by atoms with van der Waals surface area (Å²) >= 11 is 1.43. The fourth-order valence-electron chi connectivity index (χ4n) is 4.75.